The van der Waals surface area contributed by atoms with E-state index in [1.54, 1.807) is 74.9 Å². The van der Waals surface area contributed by atoms with Gasteiger partial charge in [-0.1, -0.05) is 72.8 Å². The Morgan fingerprint density at radius 3 is 1.26 bits per heavy atom. The van der Waals surface area contributed by atoms with E-state index in [2.05, 4.69) is 10.4 Å². The van der Waals surface area contributed by atoms with Crippen molar-refractivity contribution < 1.29 is 100.0 Å². The number of hydrogen-bond acceptors (Lipinski definition) is 13. The largest absolute Gasteiger partial charge is 0.490 e. The van der Waals surface area contributed by atoms with Crippen LogP contribution in [0.15, 0.2) is 107 Å². The molecular formula is C57H70F9N3O13S2. The number of nitrogens with zero attached hydrogens (tertiary/aromatic N) is 2. The van der Waals surface area contributed by atoms with Gasteiger partial charge in [-0.2, -0.15) is 39.5 Å². The third-order valence-electron chi connectivity index (χ3n) is 14.8. The van der Waals surface area contributed by atoms with Crippen LogP contribution in [-0.4, -0.2) is 162 Å². The highest BCUT2D eigenvalue weighted by molar-refractivity contribution is 7.94. The second-order valence-electron chi connectivity index (χ2n) is 20.5. The van der Waals surface area contributed by atoms with E-state index < -0.39 is 84.7 Å². The molecule has 4 aromatic carbocycles. The maximum Gasteiger partial charge on any atom is 0.490 e. The lowest BCUT2D eigenvalue weighted by atomic mass is 9.95. The Balaban J connectivity index is 0.000000279. The number of amides is 1. The van der Waals surface area contributed by atoms with Crippen LogP contribution >= 0.6 is 0 Å². The zero-order valence-corrected chi connectivity index (χ0v) is 48.0. The molecule has 3 aliphatic rings. The van der Waals surface area contributed by atoms with Crippen molar-refractivity contribution in [2.45, 2.75) is 128 Å². The number of alkyl halides is 9. The molecule has 0 radical (unpaired) electrons. The standard InChI is InChI=1S/C30H39F3N2O6S.C25H30F3NO5S.C2HF3O2/c1-39-22-20-35-18-16-29(17-19-35,28(36)34-41-27-6-2-3-21-40-27)42(37,38)26-13-11-25(12-14-26)24-9-7-23(8-10-24)5-4-15-30(31,32)33;1-34-18-17-29-15-13-24(14-16-29,23(30)31)35(32,33)22-10-8-21(9-11-22)20-6-4-19(5-7-20)3-2-12-25(26,27)28;3-2(4,5)1(6)7/h7-14,27H,2-6,15-22H2,1H3,(H,34,36);4-11H,2-3,12-18H2,1H3,(H,30,31);(H,6,7). The van der Waals surface area contributed by atoms with Gasteiger partial charge in [0.05, 0.1) is 23.0 Å². The molecule has 3 N–H and O–H groups in total. The monoisotopic (exact) mass is 1240 g/mol. The van der Waals surface area contributed by atoms with Gasteiger partial charge < -0.3 is 34.2 Å². The van der Waals surface area contributed by atoms with Gasteiger partial charge in [-0.25, -0.2) is 31.9 Å². The molecule has 3 aliphatic heterocycles. The van der Waals surface area contributed by atoms with Crippen LogP contribution in [0.5, 0.6) is 0 Å². The highest BCUT2D eigenvalue weighted by Crippen LogP contribution is 2.39. The molecule has 1 amide bonds. The average molecular weight is 1240 g/mol. The summed E-state index contributed by atoms with van der Waals surface area (Å²) >= 11 is 0. The van der Waals surface area contributed by atoms with Gasteiger partial charge in [0.1, 0.15) is 0 Å². The van der Waals surface area contributed by atoms with Gasteiger partial charge in [0.15, 0.2) is 35.5 Å². The molecule has 84 heavy (non-hydrogen) atoms. The number of likely N-dealkylation sites (tertiary alicyclic amines) is 2. The zero-order chi connectivity index (χ0) is 62.0. The van der Waals surface area contributed by atoms with Crippen LogP contribution in [-0.2, 0) is 65.9 Å². The fourth-order valence-electron chi connectivity index (χ4n) is 9.77. The number of halogens is 9. The van der Waals surface area contributed by atoms with E-state index in [1.165, 1.54) is 24.3 Å². The van der Waals surface area contributed by atoms with E-state index in [-0.39, 0.29) is 48.3 Å². The van der Waals surface area contributed by atoms with Gasteiger partial charge in [0.2, 0.25) is 0 Å². The number of aryl methyl sites for hydroxylation is 2. The summed E-state index contributed by atoms with van der Waals surface area (Å²) in [5, 5.41) is 17.1. The van der Waals surface area contributed by atoms with Crippen LogP contribution in [0.1, 0.15) is 81.8 Å². The SMILES string of the molecule is COCCN1CCC(C(=O)NOC2CCCCO2)(S(=O)(=O)c2ccc(-c3ccc(CCCC(F)(F)F)cc3)cc2)CC1.COCCN1CCC(C(=O)O)(S(=O)(=O)c2ccc(-c3ccc(CCCC(F)(F)F)cc3)cc2)CC1.O=C(O)C(F)(F)F. The number of hydrogen-bond donors (Lipinski definition) is 3. The van der Waals surface area contributed by atoms with E-state index >= 15 is 0 Å². The van der Waals surface area contributed by atoms with Crippen molar-refractivity contribution in [3.05, 3.63) is 108 Å². The van der Waals surface area contributed by atoms with Crippen LogP contribution < -0.4 is 5.48 Å². The predicted molar refractivity (Wildman–Crippen MR) is 291 cm³/mol. The Labute approximate surface area is 482 Å². The minimum Gasteiger partial charge on any atom is -0.480 e. The highest BCUT2D eigenvalue weighted by atomic mass is 32.2. The van der Waals surface area contributed by atoms with Gasteiger partial charge in [-0.15, -0.1) is 0 Å². The fraction of sp³-hybridized carbons (Fsp3) is 0.526. The van der Waals surface area contributed by atoms with Crippen molar-refractivity contribution >= 4 is 37.5 Å². The Morgan fingerprint density at radius 2 is 0.940 bits per heavy atom. The Bertz CT molecular complexity index is 2940. The highest BCUT2D eigenvalue weighted by Gasteiger charge is 2.54. The van der Waals surface area contributed by atoms with Crippen molar-refractivity contribution in [1.82, 2.24) is 15.3 Å². The molecule has 1 unspecified atom stereocenters. The summed E-state index contributed by atoms with van der Waals surface area (Å²) in [5.41, 5.74) is 7.07. The van der Waals surface area contributed by atoms with Crippen LogP contribution in [0, 0.1) is 0 Å². The summed E-state index contributed by atoms with van der Waals surface area (Å²) in [6.45, 7) is 4.27. The second-order valence-corrected chi connectivity index (χ2v) is 25.0. The number of carbonyl (C=O) groups is 3. The van der Waals surface area contributed by atoms with Gasteiger partial charge in [0.25, 0.3) is 5.91 Å². The lowest BCUT2D eigenvalue weighted by molar-refractivity contribution is -0.202. The van der Waals surface area contributed by atoms with Crippen LogP contribution in [0.2, 0.25) is 0 Å². The molecule has 3 heterocycles. The third kappa shape index (κ3) is 19.4. The first-order chi connectivity index (χ1) is 39.5. The van der Waals surface area contributed by atoms with Gasteiger partial charge in [-0.05, 0) is 122 Å². The Kier molecular flexibility index (Phi) is 25.2. The molecule has 0 aliphatic carbocycles. The first kappa shape index (κ1) is 69.1. The summed E-state index contributed by atoms with van der Waals surface area (Å²) in [4.78, 5) is 44.2. The normalized spacial score (nSPS) is 17.9. The van der Waals surface area contributed by atoms with E-state index in [1.807, 2.05) is 17.0 Å². The first-order valence-electron chi connectivity index (χ1n) is 27.0. The number of nitrogens with one attached hydrogen (secondary N) is 1. The summed E-state index contributed by atoms with van der Waals surface area (Å²) in [7, 11) is -5.09. The van der Waals surface area contributed by atoms with Crippen molar-refractivity contribution in [3.8, 4) is 22.3 Å². The number of rotatable bonds is 22. The lowest BCUT2D eigenvalue weighted by Gasteiger charge is -2.40. The third-order valence-corrected chi connectivity index (χ3v) is 19.8. The number of carboxylic acid groups (broad SMARTS) is 2. The van der Waals surface area contributed by atoms with Crippen LogP contribution in [0.4, 0.5) is 39.5 Å². The lowest BCUT2D eigenvalue weighted by Crippen LogP contribution is -2.58. The number of benzene rings is 4. The number of ether oxygens (including phenoxy) is 3. The molecule has 0 spiro atoms. The molecular weight excluding hydrogens is 1170 g/mol. The number of piperidine rings is 2. The predicted octanol–water partition coefficient (Wildman–Crippen LogP) is 10.3. The maximum atomic E-state index is 14.1. The zero-order valence-electron chi connectivity index (χ0n) is 46.4. The molecule has 27 heteroatoms. The number of aliphatic carboxylic acids is 2. The molecule has 7 rings (SSSR count). The molecule has 4 aromatic rings. The molecule has 3 saturated heterocycles. The number of carbonyl (C=O) groups excluding carboxylic acids is 1. The van der Waals surface area contributed by atoms with E-state index in [9.17, 15) is 71.0 Å². The molecule has 3 fully saturated rings. The molecule has 466 valence electrons. The van der Waals surface area contributed by atoms with Crippen LogP contribution in [0.3, 0.4) is 0 Å². The molecule has 1 atom stereocenters. The van der Waals surface area contributed by atoms with Crippen molar-refractivity contribution in [1.29, 1.82) is 0 Å². The van der Waals surface area contributed by atoms with E-state index in [0.29, 0.717) is 78.4 Å². The van der Waals surface area contributed by atoms with Crippen molar-refractivity contribution in [3.63, 3.8) is 0 Å². The van der Waals surface area contributed by atoms with Crippen molar-refractivity contribution in [2.24, 2.45) is 0 Å². The van der Waals surface area contributed by atoms with Gasteiger partial charge in [-0.3, -0.25) is 9.59 Å². The smallest absolute Gasteiger partial charge is 0.480 e. The topological polar surface area (TPSA) is 215 Å². The van der Waals surface area contributed by atoms with Crippen LogP contribution in [0.25, 0.3) is 22.3 Å². The quantitative estimate of drug-likeness (QED) is 0.0493. The fourth-order valence-corrected chi connectivity index (χ4v) is 13.6. The summed E-state index contributed by atoms with van der Waals surface area (Å²) < 4.78 is 173. The summed E-state index contributed by atoms with van der Waals surface area (Å²) in [6.07, 6.45) is -12.4. The average Bonchev–Trinajstić information content (AvgIpc) is 1.10. The minimum atomic E-state index is -5.08. The number of methoxy groups -OCH3 is 2. The van der Waals surface area contributed by atoms with E-state index in [0.717, 1.165) is 46.2 Å². The number of sulfone groups is 2. The Hall–Kier alpha value is -5.68. The molecule has 0 bridgehead atoms. The van der Waals surface area contributed by atoms with Crippen molar-refractivity contribution in [2.75, 3.05) is 73.3 Å². The molecule has 0 saturated carbocycles. The maximum absolute atomic E-state index is 14.1. The second kappa shape index (κ2) is 30.6. The number of hydroxylamine groups is 1. The minimum absolute atomic E-state index is 0.00800. The molecule has 0 aromatic heterocycles. The first-order valence-corrected chi connectivity index (χ1v) is 30.0. The Morgan fingerprint density at radius 1 is 0.583 bits per heavy atom. The van der Waals surface area contributed by atoms with Gasteiger partial charge in [0, 0.05) is 79.4 Å². The van der Waals surface area contributed by atoms with Gasteiger partial charge >= 0.3 is 30.5 Å². The molecule has 16 nitrogen and oxygen atoms in total. The summed E-state index contributed by atoms with van der Waals surface area (Å²) in [5.74, 6) is -4.80. The number of carboxylic acids is 2. The van der Waals surface area contributed by atoms with E-state index in [4.69, 9.17) is 28.9 Å². The summed E-state index contributed by atoms with van der Waals surface area (Å²) in [6, 6.07) is 26.7.